The molecule has 1 unspecified atom stereocenters. The maximum atomic E-state index is 12.4. The fraction of sp³-hybridized carbons (Fsp3) is 0.238. The number of aliphatic hydroxyl groups is 1. The van der Waals surface area contributed by atoms with E-state index in [0.717, 1.165) is 5.56 Å². The van der Waals surface area contributed by atoms with Crippen molar-refractivity contribution in [3.63, 3.8) is 0 Å². The summed E-state index contributed by atoms with van der Waals surface area (Å²) >= 11 is 0. The molecular weight excluding hydrogens is 314 g/mol. The van der Waals surface area contributed by atoms with E-state index in [1.165, 1.54) is 6.08 Å². The quantitative estimate of drug-likeness (QED) is 0.457. The Balaban J connectivity index is 2.06. The molecule has 0 saturated heterocycles. The first kappa shape index (κ1) is 18.8. The summed E-state index contributed by atoms with van der Waals surface area (Å²) in [7, 11) is 3.85. The number of nitrogens with zero attached hydrogens (tertiary/aromatic N) is 1. The van der Waals surface area contributed by atoms with E-state index in [-0.39, 0.29) is 18.1 Å². The highest BCUT2D eigenvalue weighted by atomic mass is 16.3. The van der Waals surface area contributed by atoms with E-state index in [9.17, 15) is 14.7 Å². The van der Waals surface area contributed by atoms with Crippen molar-refractivity contribution in [1.29, 1.82) is 0 Å². The summed E-state index contributed by atoms with van der Waals surface area (Å²) < 4.78 is 0.412. The number of ketones is 2. The molecule has 130 valence electrons. The second-order valence-electron chi connectivity index (χ2n) is 6.79. The SMILES string of the molecule is C=CC(O)C(=O)C[N+](C)(C)Cc1ccc(C(=O)c2ccccc2)cc1. The number of carbonyl (C=O) groups excluding carboxylic acids is 2. The van der Waals surface area contributed by atoms with Crippen LogP contribution in [0, 0.1) is 0 Å². The zero-order valence-electron chi connectivity index (χ0n) is 14.7. The lowest BCUT2D eigenvalue weighted by Gasteiger charge is -2.29. The Morgan fingerprint density at radius 2 is 1.60 bits per heavy atom. The van der Waals surface area contributed by atoms with Gasteiger partial charge in [-0.05, 0) is 0 Å². The number of Topliss-reactive ketones (excluding diaryl/α,β-unsaturated/α-hetero) is 1. The standard InChI is InChI=1S/C21H24NO3/c1-4-19(23)20(24)15-22(2,3)14-16-10-12-18(13-11-16)21(25)17-8-6-5-7-9-17/h4-13,19,23H,1,14-15H2,2-3H3/q+1. The summed E-state index contributed by atoms with van der Waals surface area (Å²) in [4.78, 5) is 24.3. The van der Waals surface area contributed by atoms with Crippen LogP contribution in [0.1, 0.15) is 21.5 Å². The molecule has 4 heteroatoms. The predicted molar refractivity (Wildman–Crippen MR) is 98.2 cm³/mol. The summed E-state index contributed by atoms with van der Waals surface area (Å²) in [6.07, 6.45) is 0.120. The number of likely N-dealkylation sites (N-methyl/N-ethyl adjacent to an activating group) is 1. The maximum Gasteiger partial charge on any atom is 0.219 e. The highest BCUT2D eigenvalue weighted by molar-refractivity contribution is 6.08. The van der Waals surface area contributed by atoms with E-state index < -0.39 is 6.10 Å². The molecule has 0 heterocycles. The molecule has 0 amide bonds. The topological polar surface area (TPSA) is 54.4 Å². The Kier molecular flexibility index (Phi) is 6.02. The molecule has 0 aliphatic carbocycles. The van der Waals surface area contributed by atoms with Crippen molar-refractivity contribution < 1.29 is 19.2 Å². The van der Waals surface area contributed by atoms with Crippen LogP contribution in [0.15, 0.2) is 67.3 Å². The Labute approximate surface area is 148 Å². The lowest BCUT2D eigenvalue weighted by molar-refractivity contribution is -0.895. The van der Waals surface area contributed by atoms with E-state index in [0.29, 0.717) is 22.2 Å². The average molecular weight is 338 g/mol. The van der Waals surface area contributed by atoms with Gasteiger partial charge in [-0.15, -0.1) is 6.58 Å². The highest BCUT2D eigenvalue weighted by Crippen LogP contribution is 2.14. The van der Waals surface area contributed by atoms with Gasteiger partial charge in [0.2, 0.25) is 5.78 Å². The molecule has 0 aliphatic rings. The molecule has 1 atom stereocenters. The van der Waals surface area contributed by atoms with Gasteiger partial charge in [-0.1, -0.05) is 60.7 Å². The van der Waals surface area contributed by atoms with Crippen LogP contribution >= 0.6 is 0 Å². The van der Waals surface area contributed by atoms with Crippen LogP contribution < -0.4 is 0 Å². The van der Waals surface area contributed by atoms with Crippen LogP contribution in [0.25, 0.3) is 0 Å². The van der Waals surface area contributed by atoms with Crippen LogP contribution in [0.5, 0.6) is 0 Å². The summed E-state index contributed by atoms with van der Waals surface area (Å²) in [6.45, 7) is 4.26. The molecule has 0 saturated carbocycles. The van der Waals surface area contributed by atoms with E-state index in [4.69, 9.17) is 0 Å². The molecule has 0 aromatic heterocycles. The molecule has 0 bridgehead atoms. The minimum atomic E-state index is -1.12. The molecule has 0 aliphatic heterocycles. The molecule has 2 aromatic rings. The average Bonchev–Trinajstić information content (AvgIpc) is 2.61. The van der Waals surface area contributed by atoms with Gasteiger partial charge in [-0.25, -0.2) is 0 Å². The lowest BCUT2D eigenvalue weighted by atomic mass is 10.0. The number of quaternary nitrogens is 1. The molecule has 2 rings (SSSR count). The predicted octanol–water partition coefficient (Wildman–Crippen LogP) is 2.61. The summed E-state index contributed by atoms with van der Waals surface area (Å²) in [5, 5.41) is 9.55. The Bertz CT molecular complexity index is 748. The van der Waals surface area contributed by atoms with Gasteiger partial charge < -0.3 is 9.59 Å². The lowest BCUT2D eigenvalue weighted by Crippen LogP contribution is -2.45. The van der Waals surface area contributed by atoms with Gasteiger partial charge in [0, 0.05) is 16.7 Å². The molecule has 25 heavy (non-hydrogen) atoms. The molecule has 0 radical (unpaired) electrons. The monoisotopic (exact) mass is 338 g/mol. The van der Waals surface area contributed by atoms with Crippen molar-refractivity contribution in [3.05, 3.63) is 83.9 Å². The van der Waals surface area contributed by atoms with Crippen molar-refractivity contribution in [2.45, 2.75) is 12.6 Å². The van der Waals surface area contributed by atoms with E-state index in [1.54, 1.807) is 12.1 Å². The van der Waals surface area contributed by atoms with Gasteiger partial charge in [-0.3, -0.25) is 9.59 Å². The number of benzene rings is 2. The van der Waals surface area contributed by atoms with Crippen molar-refractivity contribution in [3.8, 4) is 0 Å². The van der Waals surface area contributed by atoms with Crippen molar-refractivity contribution in [1.82, 2.24) is 0 Å². The second-order valence-corrected chi connectivity index (χ2v) is 6.79. The van der Waals surface area contributed by atoms with Crippen LogP contribution in [-0.2, 0) is 11.3 Å². The number of carbonyl (C=O) groups is 2. The Hall–Kier alpha value is -2.56. The normalized spacial score (nSPS) is 12.4. The first-order chi connectivity index (χ1) is 11.8. The zero-order chi connectivity index (χ0) is 18.4. The largest absolute Gasteiger partial charge is 0.381 e. The van der Waals surface area contributed by atoms with Crippen molar-refractivity contribution in [2.75, 3.05) is 20.6 Å². The molecular formula is C21H24NO3+. The first-order valence-electron chi connectivity index (χ1n) is 8.16. The van der Waals surface area contributed by atoms with Gasteiger partial charge in [0.05, 0.1) is 14.1 Å². The second kappa shape index (κ2) is 8.01. The fourth-order valence-electron chi connectivity index (χ4n) is 2.71. The maximum absolute atomic E-state index is 12.4. The molecule has 1 N–H and O–H groups in total. The van der Waals surface area contributed by atoms with Crippen LogP contribution in [0.2, 0.25) is 0 Å². The van der Waals surface area contributed by atoms with E-state index in [1.807, 2.05) is 56.6 Å². The fourth-order valence-corrected chi connectivity index (χ4v) is 2.71. The van der Waals surface area contributed by atoms with Gasteiger partial charge in [0.15, 0.2) is 5.78 Å². The molecule has 4 nitrogen and oxygen atoms in total. The molecule has 2 aromatic carbocycles. The number of aliphatic hydroxyl groups excluding tert-OH is 1. The van der Waals surface area contributed by atoms with Gasteiger partial charge >= 0.3 is 0 Å². The van der Waals surface area contributed by atoms with Gasteiger partial charge in [0.1, 0.15) is 19.2 Å². The number of hydrogen-bond acceptors (Lipinski definition) is 3. The molecule has 0 fully saturated rings. The van der Waals surface area contributed by atoms with E-state index in [2.05, 4.69) is 6.58 Å². The van der Waals surface area contributed by atoms with E-state index >= 15 is 0 Å². The van der Waals surface area contributed by atoms with Gasteiger partial charge in [-0.2, -0.15) is 0 Å². The third kappa shape index (κ3) is 5.21. The highest BCUT2D eigenvalue weighted by Gasteiger charge is 2.24. The summed E-state index contributed by atoms with van der Waals surface area (Å²) in [5.41, 5.74) is 2.32. The molecule has 0 spiro atoms. The van der Waals surface area contributed by atoms with Crippen molar-refractivity contribution >= 4 is 11.6 Å². The Morgan fingerprint density at radius 1 is 1.04 bits per heavy atom. The number of rotatable bonds is 8. The van der Waals surface area contributed by atoms with Crippen LogP contribution in [0.4, 0.5) is 0 Å². The zero-order valence-corrected chi connectivity index (χ0v) is 14.7. The first-order valence-corrected chi connectivity index (χ1v) is 8.16. The minimum absolute atomic E-state index is 0.00909. The minimum Gasteiger partial charge on any atom is -0.381 e. The Morgan fingerprint density at radius 3 is 2.16 bits per heavy atom. The summed E-state index contributed by atoms with van der Waals surface area (Å²) in [5.74, 6) is -0.263. The van der Waals surface area contributed by atoms with Gasteiger partial charge in [0.25, 0.3) is 0 Å². The van der Waals surface area contributed by atoms with Crippen LogP contribution in [0.3, 0.4) is 0 Å². The van der Waals surface area contributed by atoms with Crippen molar-refractivity contribution in [2.24, 2.45) is 0 Å². The summed E-state index contributed by atoms with van der Waals surface area (Å²) in [6, 6.07) is 16.6. The third-order valence-electron chi connectivity index (χ3n) is 4.00. The third-order valence-corrected chi connectivity index (χ3v) is 4.00. The number of hydrogen-bond donors (Lipinski definition) is 1. The van der Waals surface area contributed by atoms with Crippen LogP contribution in [-0.4, -0.2) is 47.9 Å². The smallest absolute Gasteiger partial charge is 0.219 e.